The van der Waals surface area contributed by atoms with Gasteiger partial charge in [0, 0.05) is 23.2 Å². The second-order valence-electron chi connectivity index (χ2n) is 7.46. The highest BCUT2D eigenvalue weighted by Gasteiger charge is 2.19. The molecule has 0 radical (unpaired) electrons. The van der Waals surface area contributed by atoms with E-state index in [1.165, 1.54) is 5.56 Å². The third-order valence-electron chi connectivity index (χ3n) is 4.96. The minimum absolute atomic E-state index is 0.00629. The maximum Gasteiger partial charge on any atom is 0.278 e. The van der Waals surface area contributed by atoms with Gasteiger partial charge >= 0.3 is 0 Å². The molecule has 0 atom stereocenters. The van der Waals surface area contributed by atoms with Gasteiger partial charge in [-0.15, -0.1) is 16.9 Å². The number of aromatic nitrogens is 3. The minimum Gasteiger partial charge on any atom is -0.292 e. The number of hydrogen-bond acceptors (Lipinski definition) is 3. The highest BCUT2D eigenvalue weighted by Crippen LogP contribution is 2.32. The number of thioether (sulfide) groups is 1. The van der Waals surface area contributed by atoms with Gasteiger partial charge in [-0.3, -0.25) is 9.36 Å². The predicted molar refractivity (Wildman–Crippen MR) is 111 cm³/mol. The van der Waals surface area contributed by atoms with Gasteiger partial charge in [0.25, 0.3) is 5.56 Å². The molecule has 0 saturated heterocycles. The van der Waals surface area contributed by atoms with Crippen molar-refractivity contribution in [3.63, 3.8) is 0 Å². The molecule has 0 aliphatic carbocycles. The molecule has 0 saturated carbocycles. The molecule has 5 heteroatoms. The van der Waals surface area contributed by atoms with Crippen molar-refractivity contribution in [2.24, 2.45) is 7.05 Å². The number of hydrogen-bond donors (Lipinski definition) is 0. The first-order chi connectivity index (χ1) is 12.3. The van der Waals surface area contributed by atoms with Crippen molar-refractivity contribution >= 4 is 17.3 Å². The van der Waals surface area contributed by atoms with Gasteiger partial charge in [-0.1, -0.05) is 33.8 Å². The van der Waals surface area contributed by atoms with Crippen LogP contribution in [0.4, 0.5) is 0 Å². The Morgan fingerprint density at radius 2 is 1.77 bits per heavy atom. The Hall–Kier alpha value is -2.01. The molecule has 4 nitrogen and oxygen atoms in total. The largest absolute Gasteiger partial charge is 0.292 e. The lowest BCUT2D eigenvalue weighted by molar-refractivity contribution is 0.760. The summed E-state index contributed by atoms with van der Waals surface area (Å²) in [4.78, 5) is 14.3. The van der Waals surface area contributed by atoms with Gasteiger partial charge in [0.1, 0.15) is 5.52 Å². The topological polar surface area (TPSA) is 39.3 Å². The average molecular weight is 370 g/mol. The average Bonchev–Trinajstić information content (AvgIpc) is 2.94. The molecule has 2 heterocycles. The van der Waals surface area contributed by atoms with Crippen molar-refractivity contribution in [1.82, 2.24) is 14.2 Å². The van der Waals surface area contributed by atoms with E-state index in [1.807, 2.05) is 18.5 Å². The molecular weight excluding hydrogens is 342 g/mol. The third-order valence-corrected chi connectivity index (χ3v) is 5.74. The van der Waals surface area contributed by atoms with Crippen molar-refractivity contribution in [2.75, 3.05) is 6.26 Å². The number of rotatable bonds is 4. The number of aryl methyl sites for hydroxylation is 1. The Bertz CT molecular complexity index is 1030. The summed E-state index contributed by atoms with van der Waals surface area (Å²) in [6.45, 7) is 10.6. The van der Waals surface area contributed by atoms with Gasteiger partial charge < -0.3 is 0 Å². The molecule has 0 aliphatic heterocycles. The Balaban J connectivity index is 2.32. The van der Waals surface area contributed by atoms with Crippen LogP contribution in [0.5, 0.6) is 0 Å². The fourth-order valence-electron chi connectivity index (χ4n) is 3.34. The number of benzene rings is 1. The van der Waals surface area contributed by atoms with Crippen LogP contribution in [0.25, 0.3) is 16.9 Å². The van der Waals surface area contributed by atoms with E-state index >= 15 is 0 Å². The zero-order valence-electron chi connectivity index (χ0n) is 16.6. The zero-order chi connectivity index (χ0) is 19.2. The van der Waals surface area contributed by atoms with E-state index in [-0.39, 0.29) is 11.5 Å². The third kappa shape index (κ3) is 2.98. The van der Waals surface area contributed by atoms with Crippen molar-refractivity contribution in [3.05, 3.63) is 51.4 Å². The minimum atomic E-state index is 0.00629. The lowest BCUT2D eigenvalue weighted by Gasteiger charge is -2.15. The molecule has 0 fully saturated rings. The van der Waals surface area contributed by atoms with E-state index in [4.69, 9.17) is 5.10 Å². The Morgan fingerprint density at radius 1 is 1.08 bits per heavy atom. The van der Waals surface area contributed by atoms with Crippen molar-refractivity contribution in [1.29, 1.82) is 0 Å². The van der Waals surface area contributed by atoms with Crippen LogP contribution in [0, 0.1) is 6.92 Å². The van der Waals surface area contributed by atoms with Crippen molar-refractivity contribution in [2.45, 2.75) is 51.3 Å². The molecule has 3 aromatic rings. The molecule has 0 spiro atoms. The smallest absolute Gasteiger partial charge is 0.278 e. The maximum atomic E-state index is 13.1. The van der Waals surface area contributed by atoms with E-state index in [2.05, 4.69) is 58.2 Å². The molecule has 0 amide bonds. The fraction of sp³-hybridized carbons (Fsp3) is 0.429. The first-order valence-electron chi connectivity index (χ1n) is 9.03. The maximum absolute atomic E-state index is 13.1. The van der Waals surface area contributed by atoms with Crippen LogP contribution < -0.4 is 5.56 Å². The normalized spacial score (nSPS) is 11.9. The van der Waals surface area contributed by atoms with Crippen molar-refractivity contribution in [3.8, 4) is 11.4 Å². The fourth-order valence-corrected chi connectivity index (χ4v) is 3.97. The van der Waals surface area contributed by atoms with Crippen LogP contribution in [-0.2, 0) is 7.05 Å². The molecule has 0 aliphatic rings. The first kappa shape index (κ1) is 18.8. The van der Waals surface area contributed by atoms with Crippen LogP contribution >= 0.6 is 11.8 Å². The van der Waals surface area contributed by atoms with Gasteiger partial charge in [0.15, 0.2) is 5.82 Å². The Kier molecular flexibility index (Phi) is 5.02. The van der Waals surface area contributed by atoms with Gasteiger partial charge in [-0.2, -0.15) is 0 Å². The molecule has 138 valence electrons. The summed E-state index contributed by atoms with van der Waals surface area (Å²) in [5.74, 6) is 1.46. The molecule has 1 aromatic carbocycles. The first-order valence-corrected chi connectivity index (χ1v) is 10.3. The second-order valence-corrected chi connectivity index (χ2v) is 8.31. The van der Waals surface area contributed by atoms with E-state index in [9.17, 15) is 4.79 Å². The lowest BCUT2D eigenvalue weighted by atomic mass is 10.0. The molecule has 0 bridgehead atoms. The van der Waals surface area contributed by atoms with Gasteiger partial charge in [0.05, 0.1) is 0 Å². The summed E-state index contributed by atoms with van der Waals surface area (Å²) >= 11 is 1.69. The monoisotopic (exact) mass is 369 g/mol. The van der Waals surface area contributed by atoms with Crippen molar-refractivity contribution < 1.29 is 0 Å². The molecule has 0 unspecified atom stereocenters. The van der Waals surface area contributed by atoms with Crippen LogP contribution in [0.15, 0.2) is 34.0 Å². The second kappa shape index (κ2) is 6.95. The number of fused-ring (bicyclic) bond motifs is 1. The molecule has 0 N–H and O–H groups in total. The van der Waals surface area contributed by atoms with Crippen LogP contribution in [-0.4, -0.2) is 20.4 Å². The number of nitrogens with zero attached hydrogens (tertiary/aromatic N) is 3. The van der Waals surface area contributed by atoms with E-state index < -0.39 is 0 Å². The van der Waals surface area contributed by atoms with E-state index in [0.29, 0.717) is 17.3 Å². The lowest BCUT2D eigenvalue weighted by Crippen LogP contribution is -2.24. The Labute approximate surface area is 159 Å². The van der Waals surface area contributed by atoms with E-state index in [1.54, 1.807) is 16.3 Å². The SMILES string of the molecule is CSc1cc(C(C)C)ccc1-c1nn2c(C)cc(C(C)C)c2c(=O)n1C. The van der Waals surface area contributed by atoms with Gasteiger partial charge in [-0.25, -0.2) is 4.52 Å². The zero-order valence-corrected chi connectivity index (χ0v) is 17.4. The summed E-state index contributed by atoms with van der Waals surface area (Å²) in [5.41, 5.74) is 5.04. The van der Waals surface area contributed by atoms with E-state index in [0.717, 1.165) is 21.7 Å². The Morgan fingerprint density at radius 3 is 2.35 bits per heavy atom. The summed E-state index contributed by atoms with van der Waals surface area (Å²) in [7, 11) is 1.82. The predicted octanol–water partition coefficient (Wildman–Crippen LogP) is 4.98. The van der Waals surface area contributed by atoms with Crippen LogP contribution in [0.3, 0.4) is 0 Å². The molecular formula is C21H27N3OS. The summed E-state index contributed by atoms with van der Waals surface area (Å²) in [6.07, 6.45) is 2.07. The van der Waals surface area contributed by atoms with Gasteiger partial charge in [-0.05, 0) is 54.3 Å². The van der Waals surface area contributed by atoms with Gasteiger partial charge in [0.2, 0.25) is 0 Å². The summed E-state index contributed by atoms with van der Waals surface area (Å²) in [5, 5.41) is 4.86. The molecule has 3 rings (SSSR count). The molecule has 2 aromatic heterocycles. The van der Waals surface area contributed by atoms with Crippen LogP contribution in [0.1, 0.15) is 56.4 Å². The van der Waals surface area contributed by atoms with Crippen LogP contribution in [0.2, 0.25) is 0 Å². The highest BCUT2D eigenvalue weighted by molar-refractivity contribution is 7.98. The molecule has 26 heavy (non-hydrogen) atoms. The highest BCUT2D eigenvalue weighted by atomic mass is 32.2. The summed E-state index contributed by atoms with van der Waals surface area (Å²) < 4.78 is 3.50. The summed E-state index contributed by atoms with van der Waals surface area (Å²) in [6, 6.07) is 8.52. The quantitative estimate of drug-likeness (QED) is 0.609. The standard InChI is InChI=1S/C21H27N3OS/c1-12(2)15-8-9-16(18(11-15)26-7)20-22-24-14(5)10-17(13(3)4)19(24)21(25)23(20)6/h8-13H,1-7H3.